The predicted molar refractivity (Wildman–Crippen MR) is 134 cm³/mol. The van der Waals surface area contributed by atoms with Crippen molar-refractivity contribution in [2.75, 3.05) is 0 Å². The Morgan fingerprint density at radius 3 is 2.06 bits per heavy atom. The van der Waals surface area contributed by atoms with Crippen LogP contribution in [0.5, 0.6) is 0 Å². The van der Waals surface area contributed by atoms with Gasteiger partial charge in [0, 0.05) is 11.1 Å². The number of rotatable bonds is 3. The number of aromatic amines is 1. The molecule has 0 saturated heterocycles. The summed E-state index contributed by atoms with van der Waals surface area (Å²) in [4.78, 5) is 6.60. The van der Waals surface area contributed by atoms with E-state index in [1.165, 1.54) is 21.9 Å². The van der Waals surface area contributed by atoms with Crippen molar-refractivity contribution in [2.24, 2.45) is 0 Å². The van der Waals surface area contributed by atoms with Crippen molar-refractivity contribution in [3.63, 3.8) is 0 Å². The van der Waals surface area contributed by atoms with Gasteiger partial charge in [0.2, 0.25) is 5.16 Å². The topological polar surface area (TPSA) is 85.9 Å². The summed E-state index contributed by atoms with van der Waals surface area (Å²) in [6.45, 7) is 0. The fourth-order valence-electron chi connectivity index (χ4n) is 4.16. The average Bonchev–Trinajstić information content (AvgIpc) is 3.33. The molecule has 0 saturated carbocycles. The van der Waals surface area contributed by atoms with Crippen LogP contribution in [0.1, 0.15) is 11.1 Å². The minimum atomic E-state index is -4.64. The van der Waals surface area contributed by atoms with E-state index in [1.807, 2.05) is 60.7 Å². The third-order valence-electron chi connectivity index (χ3n) is 5.69. The Bertz CT molecular complexity index is 1530. The number of hydrogen-bond acceptors (Lipinski definition) is 4. The summed E-state index contributed by atoms with van der Waals surface area (Å²) in [6.07, 6.45) is 5.53. The molecule has 1 aliphatic rings. The molecule has 7 heteroatoms. The van der Waals surface area contributed by atoms with Crippen LogP contribution in [0, 0.1) is 0 Å². The molecular weight excluding hydrogens is 467 g/mol. The van der Waals surface area contributed by atoms with E-state index in [-0.39, 0.29) is 29.6 Å². The maximum Gasteiger partial charge on any atom is 1.00 e. The Kier molecular flexibility index (Phi) is 7.69. The molecule has 0 atom stereocenters. The van der Waals surface area contributed by atoms with E-state index in [9.17, 15) is 13.0 Å². The van der Waals surface area contributed by atoms with E-state index >= 15 is 0 Å². The molecule has 0 unspecified atom stereocenters. The number of imidazole rings is 1. The van der Waals surface area contributed by atoms with Crippen LogP contribution in [0.15, 0.2) is 108 Å². The van der Waals surface area contributed by atoms with Gasteiger partial charge in [-0.25, -0.2) is 13.4 Å². The van der Waals surface area contributed by atoms with Gasteiger partial charge in [-0.2, -0.15) is 0 Å². The van der Waals surface area contributed by atoms with Gasteiger partial charge < -0.3 is 9.54 Å². The number of hydrogen-bond donors (Lipinski definition) is 1. The van der Waals surface area contributed by atoms with Crippen LogP contribution in [-0.2, 0) is 16.5 Å². The number of allylic oxidation sites excluding steroid dienone is 1. The summed E-state index contributed by atoms with van der Waals surface area (Å²) in [5.41, 5.74) is 5.27. The van der Waals surface area contributed by atoms with Crippen LogP contribution in [0.3, 0.4) is 0 Å². The first-order valence-corrected chi connectivity index (χ1v) is 12.3. The summed E-state index contributed by atoms with van der Waals surface area (Å²) in [7, 11) is -4.64. The van der Waals surface area contributed by atoms with E-state index in [1.54, 1.807) is 0 Å². The van der Waals surface area contributed by atoms with Crippen LogP contribution >= 0.6 is 0 Å². The summed E-state index contributed by atoms with van der Waals surface area (Å²) >= 11 is 0. The number of nitrogens with zero attached hydrogens (tertiary/aromatic N) is 1. The molecule has 168 valence electrons. The molecule has 35 heavy (non-hydrogen) atoms. The molecule has 1 heterocycles. The van der Waals surface area contributed by atoms with Crippen molar-refractivity contribution in [3.05, 3.63) is 114 Å². The molecule has 0 bridgehead atoms. The maximum absolute atomic E-state index is 11.2. The zero-order valence-corrected chi connectivity index (χ0v) is 22.0. The third-order valence-corrected chi connectivity index (χ3v) is 6.35. The minimum Gasteiger partial charge on any atom is -0.742 e. The van der Waals surface area contributed by atoms with Gasteiger partial charge >= 0.3 is 29.6 Å². The Hall–Kier alpha value is -3.00. The van der Waals surface area contributed by atoms with Crippen molar-refractivity contribution in [1.29, 1.82) is 0 Å². The summed E-state index contributed by atoms with van der Waals surface area (Å²) in [5, 5.41) is 2.23. The number of H-pyrrole nitrogens is 1. The Morgan fingerprint density at radius 2 is 1.40 bits per heavy atom. The summed E-state index contributed by atoms with van der Waals surface area (Å²) < 4.78 is 33.6. The van der Waals surface area contributed by atoms with Crippen molar-refractivity contribution < 1.29 is 42.5 Å². The Labute approximate surface area is 226 Å². The van der Waals surface area contributed by atoms with Crippen LogP contribution in [0.2, 0.25) is 0 Å². The molecule has 0 amide bonds. The summed E-state index contributed by atoms with van der Waals surface area (Å²) in [5.74, 6) is 0. The van der Waals surface area contributed by atoms with E-state index in [2.05, 4.69) is 58.5 Å². The van der Waals surface area contributed by atoms with Crippen molar-refractivity contribution in [3.8, 4) is 22.5 Å². The van der Waals surface area contributed by atoms with E-state index < -0.39 is 15.3 Å². The minimum absolute atomic E-state index is 0. The number of aromatic nitrogens is 2. The molecule has 4 aromatic carbocycles. The standard InChI is InChI=1S/C15H12N2O3S.C13H10.Na/c18-21(19,20)15-16-13(11-7-3-1-4-8-11)14(17-15)12-9-5-2-6-10-12;1-4-10-6-2-8-12-9-3-7-11(5-1)13(10)12;/h1-10H,(H,16,17)(H,18,19,20);1-8H,9H2;/q;;+1/p-1. The second kappa shape index (κ2) is 10.7. The molecular formula is C28H21N2NaO3S. The first-order valence-electron chi connectivity index (χ1n) is 10.8. The van der Waals surface area contributed by atoms with Gasteiger partial charge in [0.25, 0.3) is 0 Å². The van der Waals surface area contributed by atoms with Crippen LogP contribution in [0.4, 0.5) is 0 Å². The van der Waals surface area contributed by atoms with Crippen LogP contribution in [-0.4, -0.2) is 22.9 Å². The Balaban J connectivity index is 0.000000177. The van der Waals surface area contributed by atoms with Gasteiger partial charge in [-0.1, -0.05) is 109 Å². The molecule has 0 aliphatic heterocycles. The van der Waals surface area contributed by atoms with Gasteiger partial charge in [0.15, 0.2) is 10.1 Å². The molecule has 5 aromatic rings. The molecule has 0 fully saturated rings. The summed E-state index contributed by atoms with van der Waals surface area (Å²) in [6, 6.07) is 31.3. The SMILES string of the molecule is C1=Cc2cccc3cccc(c23)C1.O=S(=O)([O-])c1nc(-c2ccccc2)c(-c2ccccc2)[nH]1.[Na+]. The largest absolute Gasteiger partial charge is 1.00 e. The van der Waals surface area contributed by atoms with Crippen molar-refractivity contribution in [2.45, 2.75) is 11.6 Å². The second-order valence-electron chi connectivity index (χ2n) is 7.92. The average molecular weight is 489 g/mol. The molecule has 1 aromatic heterocycles. The first kappa shape index (κ1) is 25.1. The molecule has 0 radical (unpaired) electrons. The maximum atomic E-state index is 11.2. The molecule has 1 aliphatic carbocycles. The monoisotopic (exact) mass is 488 g/mol. The van der Waals surface area contributed by atoms with Gasteiger partial charge in [-0.3, -0.25) is 0 Å². The number of benzene rings is 4. The number of nitrogens with one attached hydrogen (secondary N) is 1. The molecule has 5 nitrogen and oxygen atoms in total. The fourth-order valence-corrected chi connectivity index (χ4v) is 4.59. The van der Waals surface area contributed by atoms with E-state index in [0.29, 0.717) is 11.4 Å². The molecule has 1 N–H and O–H groups in total. The normalized spacial score (nSPS) is 11.9. The van der Waals surface area contributed by atoms with Crippen molar-refractivity contribution in [1.82, 2.24) is 9.97 Å². The zero-order valence-electron chi connectivity index (χ0n) is 19.2. The van der Waals surface area contributed by atoms with Gasteiger partial charge in [-0.15, -0.1) is 0 Å². The first-order chi connectivity index (χ1) is 16.5. The van der Waals surface area contributed by atoms with Gasteiger partial charge in [0.1, 0.15) is 0 Å². The zero-order chi connectivity index (χ0) is 23.5. The Morgan fingerprint density at radius 1 is 0.771 bits per heavy atom. The van der Waals surface area contributed by atoms with Crippen LogP contribution in [0.25, 0.3) is 39.4 Å². The van der Waals surface area contributed by atoms with Crippen molar-refractivity contribution >= 4 is 27.0 Å². The van der Waals surface area contributed by atoms with E-state index in [4.69, 9.17) is 0 Å². The predicted octanol–water partition coefficient (Wildman–Crippen LogP) is 3.06. The third kappa shape index (κ3) is 5.48. The quantitative estimate of drug-likeness (QED) is 0.313. The fraction of sp³-hybridized carbons (Fsp3) is 0.0357. The molecule has 6 rings (SSSR count). The smallest absolute Gasteiger partial charge is 0.742 e. The van der Waals surface area contributed by atoms with Crippen LogP contribution < -0.4 is 29.6 Å². The molecule has 0 spiro atoms. The van der Waals surface area contributed by atoms with E-state index in [0.717, 1.165) is 17.5 Å². The van der Waals surface area contributed by atoms with Gasteiger partial charge in [-0.05, 0) is 28.3 Å². The second-order valence-corrected chi connectivity index (χ2v) is 9.22. The van der Waals surface area contributed by atoms with Gasteiger partial charge in [0.05, 0.1) is 11.4 Å².